The van der Waals surface area contributed by atoms with Gasteiger partial charge in [-0.3, -0.25) is 9.69 Å². The molecule has 104 valence electrons. The van der Waals surface area contributed by atoms with Crippen LogP contribution in [0, 0.1) is 5.92 Å². The fourth-order valence-electron chi connectivity index (χ4n) is 2.42. The number of piperidine rings is 1. The third-order valence-corrected chi connectivity index (χ3v) is 3.68. The van der Waals surface area contributed by atoms with E-state index >= 15 is 0 Å². The average molecular weight is 282 g/mol. The van der Waals surface area contributed by atoms with Gasteiger partial charge in [0.2, 0.25) is 5.91 Å². The number of nitrogens with two attached hydrogens (primary N) is 1. The van der Waals surface area contributed by atoms with E-state index in [4.69, 9.17) is 17.3 Å². The van der Waals surface area contributed by atoms with E-state index in [-0.39, 0.29) is 5.91 Å². The highest BCUT2D eigenvalue weighted by atomic mass is 35.5. The van der Waals surface area contributed by atoms with Gasteiger partial charge in [-0.25, -0.2) is 0 Å². The Morgan fingerprint density at radius 3 is 2.84 bits per heavy atom. The van der Waals surface area contributed by atoms with Crippen LogP contribution in [-0.2, 0) is 4.79 Å². The van der Waals surface area contributed by atoms with Crippen molar-refractivity contribution in [3.05, 3.63) is 29.3 Å². The number of nitrogens with one attached hydrogen (secondary N) is 1. The lowest BCUT2D eigenvalue weighted by atomic mass is 9.98. The number of amides is 1. The quantitative estimate of drug-likeness (QED) is 0.887. The van der Waals surface area contributed by atoms with Crippen LogP contribution in [0.1, 0.15) is 12.8 Å². The first-order valence-corrected chi connectivity index (χ1v) is 7.03. The Balaban J connectivity index is 1.82. The number of hydrogen-bond acceptors (Lipinski definition) is 3. The highest BCUT2D eigenvalue weighted by molar-refractivity contribution is 6.30. The third-order valence-electron chi connectivity index (χ3n) is 3.43. The van der Waals surface area contributed by atoms with Crippen LogP contribution in [0.15, 0.2) is 24.3 Å². The summed E-state index contributed by atoms with van der Waals surface area (Å²) in [5.41, 5.74) is 6.47. The van der Waals surface area contributed by atoms with Crippen molar-refractivity contribution >= 4 is 23.2 Å². The predicted molar refractivity (Wildman–Crippen MR) is 78.3 cm³/mol. The summed E-state index contributed by atoms with van der Waals surface area (Å²) >= 11 is 5.80. The van der Waals surface area contributed by atoms with Crippen molar-refractivity contribution in [1.29, 1.82) is 0 Å². The van der Waals surface area contributed by atoms with Crippen LogP contribution >= 0.6 is 11.6 Å². The molecular formula is C14H20ClN3O. The second-order valence-corrected chi connectivity index (χ2v) is 5.47. The van der Waals surface area contributed by atoms with Gasteiger partial charge in [-0.1, -0.05) is 11.6 Å². The van der Waals surface area contributed by atoms with Crippen molar-refractivity contribution in [3.63, 3.8) is 0 Å². The summed E-state index contributed by atoms with van der Waals surface area (Å²) in [6.07, 6.45) is 2.29. The van der Waals surface area contributed by atoms with Gasteiger partial charge in [0, 0.05) is 17.3 Å². The van der Waals surface area contributed by atoms with E-state index < -0.39 is 0 Å². The minimum Gasteiger partial charge on any atom is -0.330 e. The predicted octanol–water partition coefficient (Wildman–Crippen LogP) is 1.95. The van der Waals surface area contributed by atoms with Crippen LogP contribution in [0.5, 0.6) is 0 Å². The number of hydrogen-bond donors (Lipinski definition) is 2. The Bertz CT molecular complexity index is 421. The molecule has 0 aliphatic carbocycles. The maximum Gasteiger partial charge on any atom is 0.238 e. The minimum absolute atomic E-state index is 0.0139. The van der Waals surface area contributed by atoms with Gasteiger partial charge in [0.1, 0.15) is 0 Å². The Labute approximate surface area is 118 Å². The molecular weight excluding hydrogens is 262 g/mol. The van der Waals surface area contributed by atoms with Crippen molar-refractivity contribution in [2.45, 2.75) is 12.8 Å². The Morgan fingerprint density at radius 1 is 1.42 bits per heavy atom. The zero-order valence-corrected chi connectivity index (χ0v) is 11.7. The molecule has 1 unspecified atom stereocenters. The number of halogens is 1. The smallest absolute Gasteiger partial charge is 0.238 e. The summed E-state index contributed by atoms with van der Waals surface area (Å²) in [6, 6.07) is 7.14. The number of anilines is 1. The zero-order chi connectivity index (χ0) is 13.7. The molecule has 2 rings (SSSR count). The number of nitrogens with zero attached hydrogens (tertiary/aromatic N) is 1. The molecule has 0 radical (unpaired) electrons. The fourth-order valence-corrected chi connectivity index (χ4v) is 2.55. The molecule has 5 heteroatoms. The molecule has 1 atom stereocenters. The Kier molecular flexibility index (Phi) is 5.19. The lowest BCUT2D eigenvalue weighted by Crippen LogP contribution is -2.42. The summed E-state index contributed by atoms with van der Waals surface area (Å²) in [7, 11) is 0. The van der Waals surface area contributed by atoms with E-state index in [0.29, 0.717) is 24.0 Å². The van der Waals surface area contributed by atoms with E-state index in [1.54, 1.807) is 24.3 Å². The summed E-state index contributed by atoms with van der Waals surface area (Å²) in [4.78, 5) is 14.1. The monoisotopic (exact) mass is 281 g/mol. The number of likely N-dealkylation sites (tertiary alicyclic amines) is 1. The lowest BCUT2D eigenvalue weighted by molar-refractivity contribution is -0.117. The molecule has 1 heterocycles. The van der Waals surface area contributed by atoms with Crippen LogP contribution in [0.25, 0.3) is 0 Å². The molecule has 0 aromatic heterocycles. The molecule has 1 aliphatic heterocycles. The van der Waals surface area contributed by atoms with Crippen LogP contribution < -0.4 is 11.1 Å². The zero-order valence-electron chi connectivity index (χ0n) is 10.9. The fraction of sp³-hybridized carbons (Fsp3) is 0.500. The topological polar surface area (TPSA) is 58.4 Å². The highest BCUT2D eigenvalue weighted by Gasteiger charge is 2.20. The van der Waals surface area contributed by atoms with Gasteiger partial charge in [-0.2, -0.15) is 0 Å². The molecule has 1 saturated heterocycles. The molecule has 0 bridgehead atoms. The molecule has 0 spiro atoms. The Morgan fingerprint density at radius 2 is 2.16 bits per heavy atom. The van der Waals surface area contributed by atoms with Crippen LogP contribution in [-0.4, -0.2) is 37.0 Å². The van der Waals surface area contributed by atoms with Crippen LogP contribution in [0.3, 0.4) is 0 Å². The molecule has 1 aromatic carbocycles. The summed E-state index contributed by atoms with van der Waals surface area (Å²) in [6.45, 7) is 3.03. The van der Waals surface area contributed by atoms with Crippen LogP contribution in [0.4, 0.5) is 5.69 Å². The van der Waals surface area contributed by atoms with Gasteiger partial charge >= 0.3 is 0 Å². The van der Waals surface area contributed by atoms with Gasteiger partial charge in [0.05, 0.1) is 6.54 Å². The summed E-state index contributed by atoms with van der Waals surface area (Å²) in [5.74, 6) is 0.539. The van der Waals surface area contributed by atoms with Crippen LogP contribution in [0.2, 0.25) is 5.02 Å². The molecule has 1 aromatic rings. The molecule has 3 N–H and O–H groups in total. The number of benzene rings is 1. The molecule has 4 nitrogen and oxygen atoms in total. The first kappa shape index (κ1) is 14.3. The molecule has 19 heavy (non-hydrogen) atoms. The SMILES string of the molecule is NCC1CCCN(CC(=O)Nc2ccc(Cl)cc2)C1. The summed E-state index contributed by atoms with van der Waals surface area (Å²) in [5, 5.41) is 3.55. The maximum atomic E-state index is 11.9. The normalized spacial score (nSPS) is 20.2. The van der Waals surface area contributed by atoms with E-state index in [1.807, 2.05) is 0 Å². The first-order chi connectivity index (χ1) is 9.17. The standard InChI is InChI=1S/C14H20ClN3O/c15-12-3-5-13(6-4-12)17-14(19)10-18-7-1-2-11(8-16)9-18/h3-6,11H,1-2,7-10,16H2,(H,17,19). The largest absolute Gasteiger partial charge is 0.330 e. The average Bonchev–Trinajstić information content (AvgIpc) is 2.41. The van der Waals surface area contributed by atoms with Gasteiger partial charge in [0.15, 0.2) is 0 Å². The lowest BCUT2D eigenvalue weighted by Gasteiger charge is -2.31. The molecule has 1 fully saturated rings. The van der Waals surface area contributed by atoms with E-state index in [9.17, 15) is 4.79 Å². The van der Waals surface area contributed by atoms with E-state index in [1.165, 1.54) is 6.42 Å². The number of carbonyl (C=O) groups is 1. The van der Waals surface area contributed by atoms with Crippen molar-refractivity contribution in [2.75, 3.05) is 31.5 Å². The second-order valence-electron chi connectivity index (χ2n) is 5.03. The van der Waals surface area contributed by atoms with Gasteiger partial charge in [0.25, 0.3) is 0 Å². The molecule has 0 saturated carbocycles. The Hall–Kier alpha value is -1.10. The van der Waals surface area contributed by atoms with Crippen molar-refractivity contribution in [3.8, 4) is 0 Å². The van der Waals surface area contributed by atoms with Gasteiger partial charge in [-0.05, 0) is 56.1 Å². The second kappa shape index (κ2) is 6.89. The molecule has 1 aliphatic rings. The highest BCUT2D eigenvalue weighted by Crippen LogP contribution is 2.16. The third kappa shape index (κ3) is 4.49. The number of rotatable bonds is 4. The maximum absolute atomic E-state index is 11.9. The van der Waals surface area contributed by atoms with Crippen molar-refractivity contribution < 1.29 is 4.79 Å². The number of carbonyl (C=O) groups excluding carboxylic acids is 1. The van der Waals surface area contributed by atoms with E-state index in [0.717, 1.165) is 25.2 Å². The van der Waals surface area contributed by atoms with E-state index in [2.05, 4.69) is 10.2 Å². The van der Waals surface area contributed by atoms with Crippen molar-refractivity contribution in [1.82, 2.24) is 4.90 Å². The summed E-state index contributed by atoms with van der Waals surface area (Å²) < 4.78 is 0. The first-order valence-electron chi connectivity index (χ1n) is 6.65. The minimum atomic E-state index is 0.0139. The van der Waals surface area contributed by atoms with Gasteiger partial charge in [-0.15, -0.1) is 0 Å². The van der Waals surface area contributed by atoms with Crippen molar-refractivity contribution in [2.24, 2.45) is 11.7 Å². The molecule has 1 amide bonds. The van der Waals surface area contributed by atoms with Gasteiger partial charge < -0.3 is 11.1 Å².